The predicted octanol–water partition coefficient (Wildman–Crippen LogP) is 5.00. The molecule has 2 N–H and O–H groups in total. The Labute approximate surface area is 179 Å². The molecule has 0 atom stereocenters. The summed E-state index contributed by atoms with van der Waals surface area (Å²) in [5.41, 5.74) is 4.65. The van der Waals surface area contributed by atoms with Gasteiger partial charge in [-0.15, -0.1) is 0 Å². The van der Waals surface area contributed by atoms with E-state index in [1.165, 1.54) is 5.57 Å². The number of nitrogens with one attached hydrogen (secondary N) is 1. The van der Waals surface area contributed by atoms with Crippen molar-refractivity contribution < 1.29 is 9.90 Å². The number of carboxylic acids is 1. The molecule has 1 saturated heterocycles. The highest BCUT2D eigenvalue weighted by molar-refractivity contribution is 5.71. The monoisotopic (exact) mass is 407 g/mol. The number of rotatable bonds is 6. The standard InChI is InChI=1S/C25H33N3O2/c1-24(2)15-19(16-25(3,4)28(24)5)12-13-26-22-11-10-21(17-27-22)20-8-6-18(7-9-20)14-23(29)30/h6-12,17H,13-16H2,1-5H3,(H,26,27)(H,29,30). The van der Waals surface area contributed by atoms with Crippen LogP contribution in [0.4, 0.5) is 5.82 Å². The van der Waals surface area contributed by atoms with Gasteiger partial charge >= 0.3 is 5.97 Å². The van der Waals surface area contributed by atoms with E-state index >= 15 is 0 Å². The molecule has 5 nitrogen and oxygen atoms in total. The summed E-state index contributed by atoms with van der Waals surface area (Å²) >= 11 is 0. The van der Waals surface area contributed by atoms with Crippen LogP contribution < -0.4 is 5.32 Å². The van der Waals surface area contributed by atoms with E-state index in [1.807, 2.05) is 42.6 Å². The van der Waals surface area contributed by atoms with Crippen molar-refractivity contribution in [3.05, 3.63) is 59.8 Å². The maximum Gasteiger partial charge on any atom is 0.307 e. The molecule has 0 spiro atoms. The van der Waals surface area contributed by atoms with Crippen LogP contribution in [0.25, 0.3) is 11.1 Å². The number of hydrogen-bond donors (Lipinski definition) is 2. The summed E-state index contributed by atoms with van der Waals surface area (Å²) in [6, 6.07) is 11.6. The smallest absolute Gasteiger partial charge is 0.307 e. The fraction of sp³-hybridized carbons (Fsp3) is 0.440. The van der Waals surface area contributed by atoms with Gasteiger partial charge in [-0.3, -0.25) is 9.69 Å². The van der Waals surface area contributed by atoms with Crippen molar-refractivity contribution in [2.24, 2.45) is 0 Å². The third-order valence-electron chi connectivity index (χ3n) is 6.22. The minimum atomic E-state index is -0.817. The average molecular weight is 408 g/mol. The molecule has 0 unspecified atom stereocenters. The van der Waals surface area contributed by atoms with Crippen molar-refractivity contribution in [3.8, 4) is 11.1 Å². The summed E-state index contributed by atoms with van der Waals surface area (Å²) in [5.74, 6) is 0.0340. The van der Waals surface area contributed by atoms with E-state index in [9.17, 15) is 4.79 Å². The molecule has 0 amide bonds. The topological polar surface area (TPSA) is 65.5 Å². The molecule has 1 aliphatic rings. The largest absolute Gasteiger partial charge is 0.481 e. The van der Waals surface area contributed by atoms with Crippen LogP contribution in [0.1, 0.15) is 46.1 Å². The molecule has 0 saturated carbocycles. The number of piperidine rings is 1. The molecule has 160 valence electrons. The van der Waals surface area contributed by atoms with Crippen molar-refractivity contribution in [2.75, 3.05) is 18.9 Å². The summed E-state index contributed by atoms with van der Waals surface area (Å²) in [7, 11) is 2.22. The number of hydrogen-bond acceptors (Lipinski definition) is 4. The lowest BCUT2D eigenvalue weighted by Gasteiger charge is -2.52. The number of nitrogens with zero attached hydrogens (tertiary/aromatic N) is 2. The number of benzene rings is 1. The lowest BCUT2D eigenvalue weighted by Crippen LogP contribution is -2.56. The van der Waals surface area contributed by atoms with Gasteiger partial charge in [0, 0.05) is 29.4 Å². The lowest BCUT2D eigenvalue weighted by atomic mass is 9.77. The van der Waals surface area contributed by atoms with E-state index < -0.39 is 5.97 Å². The Morgan fingerprint density at radius 1 is 1.07 bits per heavy atom. The number of carbonyl (C=O) groups is 1. The van der Waals surface area contributed by atoms with Gasteiger partial charge in [-0.25, -0.2) is 4.98 Å². The number of carboxylic acid groups (broad SMARTS) is 1. The number of pyridine rings is 1. The van der Waals surface area contributed by atoms with Crippen molar-refractivity contribution in [2.45, 2.75) is 58.0 Å². The second-order valence-corrected chi connectivity index (χ2v) is 9.48. The molecule has 5 heteroatoms. The highest BCUT2D eigenvalue weighted by Crippen LogP contribution is 2.39. The van der Waals surface area contributed by atoms with E-state index in [1.54, 1.807) is 0 Å². The van der Waals surface area contributed by atoms with Gasteiger partial charge in [-0.1, -0.05) is 35.9 Å². The van der Waals surface area contributed by atoms with Crippen molar-refractivity contribution in [3.63, 3.8) is 0 Å². The van der Waals surface area contributed by atoms with E-state index in [-0.39, 0.29) is 17.5 Å². The van der Waals surface area contributed by atoms with E-state index in [0.29, 0.717) is 0 Å². The number of likely N-dealkylation sites (tertiary alicyclic amines) is 1. The Balaban J connectivity index is 1.60. The minimum absolute atomic E-state index is 0.0432. The first-order valence-electron chi connectivity index (χ1n) is 10.5. The lowest BCUT2D eigenvalue weighted by molar-refractivity contribution is -0.136. The molecule has 2 aromatic rings. The summed E-state index contributed by atoms with van der Waals surface area (Å²) in [6.07, 6.45) is 6.37. The van der Waals surface area contributed by atoms with Crippen LogP contribution in [0.15, 0.2) is 54.2 Å². The Hall–Kier alpha value is -2.66. The molecule has 1 aliphatic heterocycles. The number of aromatic nitrogens is 1. The highest BCUT2D eigenvalue weighted by atomic mass is 16.4. The molecular formula is C25H33N3O2. The molecule has 0 radical (unpaired) electrons. The van der Waals surface area contributed by atoms with Gasteiger partial charge in [0.1, 0.15) is 5.82 Å². The zero-order chi connectivity index (χ0) is 21.9. The van der Waals surface area contributed by atoms with Crippen molar-refractivity contribution >= 4 is 11.8 Å². The number of anilines is 1. The third-order valence-corrected chi connectivity index (χ3v) is 6.22. The van der Waals surface area contributed by atoms with Crippen LogP contribution in [0, 0.1) is 0 Å². The normalized spacial score (nSPS) is 18.1. The van der Waals surface area contributed by atoms with Gasteiger partial charge in [-0.2, -0.15) is 0 Å². The van der Waals surface area contributed by atoms with Gasteiger partial charge in [-0.05, 0) is 70.8 Å². The van der Waals surface area contributed by atoms with E-state index in [4.69, 9.17) is 5.11 Å². The summed E-state index contributed by atoms with van der Waals surface area (Å²) in [5, 5.41) is 12.3. The summed E-state index contributed by atoms with van der Waals surface area (Å²) in [4.78, 5) is 17.8. The van der Waals surface area contributed by atoms with Crippen LogP contribution in [0.2, 0.25) is 0 Å². The minimum Gasteiger partial charge on any atom is -0.481 e. The van der Waals surface area contributed by atoms with Gasteiger partial charge in [0.05, 0.1) is 6.42 Å². The molecule has 0 aliphatic carbocycles. The molecule has 30 heavy (non-hydrogen) atoms. The Morgan fingerprint density at radius 2 is 1.67 bits per heavy atom. The van der Waals surface area contributed by atoms with E-state index in [2.05, 4.69) is 56.0 Å². The van der Waals surface area contributed by atoms with Crippen LogP contribution in [0.3, 0.4) is 0 Å². The van der Waals surface area contributed by atoms with Crippen LogP contribution in [-0.2, 0) is 11.2 Å². The molecule has 2 heterocycles. The first-order valence-corrected chi connectivity index (χ1v) is 10.5. The first-order chi connectivity index (χ1) is 14.1. The molecule has 1 aromatic heterocycles. The first kappa shape index (κ1) is 22.0. The van der Waals surface area contributed by atoms with Gasteiger partial charge < -0.3 is 10.4 Å². The van der Waals surface area contributed by atoms with Crippen molar-refractivity contribution in [1.82, 2.24) is 9.88 Å². The summed E-state index contributed by atoms with van der Waals surface area (Å²) < 4.78 is 0. The van der Waals surface area contributed by atoms with Gasteiger partial charge in [0.2, 0.25) is 0 Å². The zero-order valence-electron chi connectivity index (χ0n) is 18.7. The maximum atomic E-state index is 10.8. The van der Waals surface area contributed by atoms with Crippen LogP contribution in [-0.4, -0.2) is 45.6 Å². The Morgan fingerprint density at radius 3 is 2.20 bits per heavy atom. The second-order valence-electron chi connectivity index (χ2n) is 9.48. The van der Waals surface area contributed by atoms with Gasteiger partial charge in [0.25, 0.3) is 0 Å². The average Bonchev–Trinajstić information content (AvgIpc) is 2.66. The fourth-order valence-corrected chi connectivity index (χ4v) is 4.33. The number of aliphatic carboxylic acids is 1. The summed E-state index contributed by atoms with van der Waals surface area (Å²) in [6.45, 7) is 10.0. The highest BCUT2D eigenvalue weighted by Gasteiger charge is 2.40. The van der Waals surface area contributed by atoms with E-state index in [0.717, 1.165) is 41.9 Å². The fourth-order valence-electron chi connectivity index (χ4n) is 4.33. The Bertz CT molecular complexity index is 892. The molecule has 1 aromatic carbocycles. The second kappa shape index (κ2) is 8.60. The zero-order valence-corrected chi connectivity index (χ0v) is 18.7. The van der Waals surface area contributed by atoms with Gasteiger partial charge in [0.15, 0.2) is 0 Å². The van der Waals surface area contributed by atoms with Crippen molar-refractivity contribution in [1.29, 1.82) is 0 Å². The quantitative estimate of drug-likeness (QED) is 0.660. The van der Waals surface area contributed by atoms with Crippen LogP contribution >= 0.6 is 0 Å². The Kier molecular flexibility index (Phi) is 6.32. The molecule has 1 fully saturated rings. The maximum absolute atomic E-state index is 10.8. The SMILES string of the molecule is CN1C(C)(C)CC(=CCNc2ccc(-c3ccc(CC(=O)O)cc3)cn2)CC1(C)C. The third kappa shape index (κ3) is 5.28. The molecule has 3 rings (SSSR count). The predicted molar refractivity (Wildman–Crippen MR) is 123 cm³/mol. The molecule has 0 bridgehead atoms. The molecular weight excluding hydrogens is 374 g/mol. The van der Waals surface area contributed by atoms with Crippen LogP contribution in [0.5, 0.6) is 0 Å².